The topological polar surface area (TPSA) is 15.8 Å². The Morgan fingerprint density at radius 3 is 2.60 bits per heavy atom. The zero-order chi connectivity index (χ0) is 11.0. The van der Waals surface area contributed by atoms with E-state index in [1.54, 1.807) is 0 Å². The molecule has 1 aliphatic rings. The number of hydrogen-bond donors (Lipinski definition) is 1. The SMILES string of the molecule is C=C(C)c1[nH]c2c(c1C(=C)C)CSCC2. The molecule has 0 saturated heterocycles. The van der Waals surface area contributed by atoms with Crippen molar-refractivity contribution in [2.45, 2.75) is 26.0 Å². The Hall–Kier alpha value is -0.890. The second-order valence-corrected chi connectivity index (χ2v) is 5.30. The van der Waals surface area contributed by atoms with Crippen LogP contribution in [0, 0.1) is 0 Å². The first-order valence-electron chi connectivity index (χ1n) is 5.24. The first kappa shape index (κ1) is 10.6. The molecule has 2 heteroatoms. The summed E-state index contributed by atoms with van der Waals surface area (Å²) in [6.45, 7) is 12.2. The van der Waals surface area contributed by atoms with Crippen LogP contribution in [0.1, 0.15) is 36.4 Å². The van der Waals surface area contributed by atoms with Gasteiger partial charge < -0.3 is 4.98 Å². The van der Waals surface area contributed by atoms with Gasteiger partial charge in [-0.05, 0) is 42.7 Å². The van der Waals surface area contributed by atoms with Crippen LogP contribution in [0.4, 0.5) is 0 Å². The van der Waals surface area contributed by atoms with Crippen molar-refractivity contribution in [3.8, 4) is 0 Å². The molecule has 1 aliphatic heterocycles. The Labute approximate surface area is 95.7 Å². The molecule has 0 bridgehead atoms. The first-order valence-corrected chi connectivity index (χ1v) is 6.40. The van der Waals surface area contributed by atoms with Crippen LogP contribution < -0.4 is 0 Å². The minimum atomic E-state index is 1.10. The fourth-order valence-electron chi connectivity index (χ4n) is 2.10. The Bertz CT molecular complexity index is 426. The molecule has 0 unspecified atom stereocenters. The zero-order valence-corrected chi connectivity index (χ0v) is 10.3. The molecule has 1 nitrogen and oxygen atoms in total. The summed E-state index contributed by atoms with van der Waals surface area (Å²) in [6, 6.07) is 0. The zero-order valence-electron chi connectivity index (χ0n) is 9.44. The summed E-state index contributed by atoms with van der Waals surface area (Å²) in [5.74, 6) is 2.33. The maximum absolute atomic E-state index is 4.08. The number of allylic oxidation sites excluding steroid dienone is 2. The lowest BCUT2D eigenvalue weighted by molar-refractivity contribution is 1.02. The number of nitrogens with one attached hydrogen (secondary N) is 1. The van der Waals surface area contributed by atoms with Crippen LogP contribution in [0.2, 0.25) is 0 Å². The minimum Gasteiger partial charge on any atom is -0.358 e. The molecule has 2 heterocycles. The summed E-state index contributed by atoms with van der Waals surface area (Å²) < 4.78 is 0. The van der Waals surface area contributed by atoms with Crippen LogP contribution in [0.5, 0.6) is 0 Å². The summed E-state index contributed by atoms with van der Waals surface area (Å²) in [4.78, 5) is 3.51. The van der Waals surface area contributed by atoms with E-state index < -0.39 is 0 Å². The largest absolute Gasteiger partial charge is 0.358 e. The van der Waals surface area contributed by atoms with E-state index in [4.69, 9.17) is 0 Å². The van der Waals surface area contributed by atoms with Crippen molar-refractivity contribution in [1.29, 1.82) is 0 Å². The highest BCUT2D eigenvalue weighted by Crippen LogP contribution is 2.35. The van der Waals surface area contributed by atoms with Gasteiger partial charge in [-0.3, -0.25) is 0 Å². The van der Waals surface area contributed by atoms with Crippen LogP contribution in [-0.4, -0.2) is 10.7 Å². The summed E-state index contributed by atoms with van der Waals surface area (Å²) in [7, 11) is 0. The molecule has 15 heavy (non-hydrogen) atoms. The molecule has 1 N–H and O–H groups in total. The van der Waals surface area contributed by atoms with Crippen LogP contribution in [0.15, 0.2) is 13.2 Å². The fraction of sp³-hybridized carbons (Fsp3) is 0.385. The number of aromatic nitrogens is 1. The number of fused-ring (bicyclic) bond motifs is 1. The van der Waals surface area contributed by atoms with Crippen molar-refractivity contribution in [3.63, 3.8) is 0 Å². The molecule has 0 amide bonds. The highest BCUT2D eigenvalue weighted by Gasteiger charge is 2.20. The molecule has 80 valence electrons. The molecule has 0 saturated carbocycles. The van der Waals surface area contributed by atoms with Crippen molar-refractivity contribution in [2.75, 3.05) is 5.75 Å². The van der Waals surface area contributed by atoms with E-state index in [1.165, 1.54) is 28.3 Å². The maximum Gasteiger partial charge on any atom is 0.0485 e. The Kier molecular flexibility index (Phi) is 2.79. The van der Waals surface area contributed by atoms with Gasteiger partial charge in [-0.25, -0.2) is 0 Å². The van der Waals surface area contributed by atoms with Gasteiger partial charge in [0.15, 0.2) is 0 Å². The third kappa shape index (κ3) is 1.78. The molecular formula is C13H17NS. The van der Waals surface area contributed by atoms with Crippen molar-refractivity contribution < 1.29 is 0 Å². The average molecular weight is 219 g/mol. The molecule has 0 aliphatic carbocycles. The smallest absolute Gasteiger partial charge is 0.0485 e. The van der Waals surface area contributed by atoms with Crippen LogP contribution in [-0.2, 0) is 12.2 Å². The van der Waals surface area contributed by atoms with Crippen molar-refractivity contribution >= 4 is 22.9 Å². The average Bonchev–Trinajstić information content (AvgIpc) is 2.56. The molecule has 2 rings (SSSR count). The molecular weight excluding hydrogens is 202 g/mol. The third-order valence-corrected chi connectivity index (χ3v) is 3.77. The van der Waals surface area contributed by atoms with Crippen LogP contribution >= 0.6 is 11.8 Å². The summed E-state index contributed by atoms with van der Waals surface area (Å²) >= 11 is 2.00. The van der Waals surface area contributed by atoms with E-state index in [9.17, 15) is 0 Å². The van der Waals surface area contributed by atoms with E-state index in [0.29, 0.717) is 0 Å². The predicted octanol–water partition coefficient (Wildman–Crippen LogP) is 3.87. The van der Waals surface area contributed by atoms with E-state index in [1.807, 2.05) is 11.8 Å². The molecule has 0 spiro atoms. The van der Waals surface area contributed by atoms with Crippen molar-refractivity contribution in [3.05, 3.63) is 35.7 Å². The Balaban J connectivity index is 2.61. The van der Waals surface area contributed by atoms with Gasteiger partial charge in [-0.1, -0.05) is 13.2 Å². The van der Waals surface area contributed by atoms with E-state index in [0.717, 1.165) is 23.3 Å². The number of rotatable bonds is 2. The molecule has 0 atom stereocenters. The lowest BCUT2D eigenvalue weighted by Gasteiger charge is -2.12. The number of aryl methyl sites for hydroxylation is 1. The second kappa shape index (κ2) is 3.93. The standard InChI is InChI=1S/C13H17NS/c1-8(2)12-10-7-15-6-5-11(10)14-13(12)9(3)4/h14H,1,3,5-7H2,2,4H3. The maximum atomic E-state index is 4.08. The van der Waals surface area contributed by atoms with E-state index in [2.05, 4.69) is 32.0 Å². The van der Waals surface area contributed by atoms with Crippen molar-refractivity contribution in [2.24, 2.45) is 0 Å². The Morgan fingerprint density at radius 2 is 2.00 bits per heavy atom. The van der Waals surface area contributed by atoms with Crippen molar-refractivity contribution in [1.82, 2.24) is 4.98 Å². The number of H-pyrrole nitrogens is 1. The molecule has 0 fully saturated rings. The van der Waals surface area contributed by atoms with E-state index in [-0.39, 0.29) is 0 Å². The van der Waals surface area contributed by atoms with Gasteiger partial charge in [-0.2, -0.15) is 11.8 Å². The van der Waals surface area contributed by atoms with Gasteiger partial charge in [-0.15, -0.1) is 0 Å². The molecule has 0 aromatic carbocycles. The Morgan fingerprint density at radius 1 is 1.27 bits per heavy atom. The summed E-state index contributed by atoms with van der Waals surface area (Å²) in [6.07, 6.45) is 1.15. The van der Waals surface area contributed by atoms with Gasteiger partial charge in [0.05, 0.1) is 0 Å². The van der Waals surface area contributed by atoms with Crippen LogP contribution in [0.25, 0.3) is 11.1 Å². The number of hydrogen-bond acceptors (Lipinski definition) is 1. The molecule has 0 radical (unpaired) electrons. The first-order chi connectivity index (χ1) is 7.11. The highest BCUT2D eigenvalue weighted by atomic mass is 32.2. The highest BCUT2D eigenvalue weighted by molar-refractivity contribution is 7.98. The third-order valence-electron chi connectivity index (χ3n) is 2.79. The molecule has 1 aromatic heterocycles. The summed E-state index contributed by atoms with van der Waals surface area (Å²) in [5, 5.41) is 0. The van der Waals surface area contributed by atoms with Gasteiger partial charge in [0.2, 0.25) is 0 Å². The predicted molar refractivity (Wildman–Crippen MR) is 70.1 cm³/mol. The quantitative estimate of drug-likeness (QED) is 0.798. The van der Waals surface area contributed by atoms with Gasteiger partial charge in [0.1, 0.15) is 0 Å². The number of aromatic amines is 1. The van der Waals surface area contributed by atoms with Gasteiger partial charge in [0, 0.05) is 22.7 Å². The van der Waals surface area contributed by atoms with E-state index >= 15 is 0 Å². The monoisotopic (exact) mass is 219 g/mol. The molecule has 1 aromatic rings. The second-order valence-electron chi connectivity index (χ2n) is 4.20. The fourth-order valence-corrected chi connectivity index (χ4v) is 3.12. The van der Waals surface area contributed by atoms with Crippen LogP contribution in [0.3, 0.4) is 0 Å². The lowest BCUT2D eigenvalue weighted by atomic mass is 10.0. The number of thioether (sulfide) groups is 1. The van der Waals surface area contributed by atoms with Gasteiger partial charge in [0.25, 0.3) is 0 Å². The van der Waals surface area contributed by atoms with Gasteiger partial charge >= 0.3 is 0 Å². The summed E-state index contributed by atoms with van der Waals surface area (Å²) in [5.41, 5.74) is 7.60. The normalized spacial score (nSPS) is 14.8. The lowest BCUT2D eigenvalue weighted by Crippen LogP contribution is -2.01. The minimum absolute atomic E-state index is 1.10.